The van der Waals surface area contributed by atoms with Crippen LogP contribution in [0.2, 0.25) is 10.0 Å². The van der Waals surface area contributed by atoms with Crippen molar-refractivity contribution in [3.05, 3.63) is 57.1 Å². The highest BCUT2D eigenvalue weighted by Gasteiger charge is 2.16. The van der Waals surface area contributed by atoms with E-state index in [0.717, 1.165) is 16.7 Å². The van der Waals surface area contributed by atoms with Gasteiger partial charge in [-0.1, -0.05) is 29.3 Å². The van der Waals surface area contributed by atoms with Crippen molar-refractivity contribution in [2.24, 2.45) is 5.73 Å². The molecular weight excluding hydrogens is 309 g/mol. The Bertz CT molecular complexity index is 659. The summed E-state index contributed by atoms with van der Waals surface area (Å²) >= 11 is 12.0. The number of hydrogen-bond acceptors (Lipinski definition) is 3. The van der Waals surface area contributed by atoms with Gasteiger partial charge < -0.3 is 15.2 Å². The van der Waals surface area contributed by atoms with E-state index in [9.17, 15) is 0 Å². The topological polar surface area (TPSA) is 44.5 Å². The number of aryl methyl sites for hydroxylation is 1. The molecular formula is C16H17Cl2NO2. The minimum atomic E-state index is -0.320. The zero-order valence-electron chi connectivity index (χ0n) is 12.1. The Morgan fingerprint density at radius 3 is 2.14 bits per heavy atom. The Morgan fingerprint density at radius 2 is 1.57 bits per heavy atom. The number of nitrogens with two attached hydrogens (primary N) is 1. The van der Waals surface area contributed by atoms with Crippen LogP contribution in [-0.2, 0) is 0 Å². The Kier molecular flexibility index (Phi) is 4.99. The highest BCUT2D eigenvalue weighted by atomic mass is 35.5. The number of hydrogen-bond donors (Lipinski definition) is 1. The number of rotatable bonds is 4. The molecule has 3 nitrogen and oxygen atoms in total. The number of methoxy groups -OCH3 is 2. The summed E-state index contributed by atoms with van der Waals surface area (Å²) in [4.78, 5) is 0. The van der Waals surface area contributed by atoms with Crippen LogP contribution >= 0.6 is 23.2 Å². The Balaban J connectivity index is 2.47. The maximum absolute atomic E-state index is 6.35. The van der Waals surface area contributed by atoms with Crippen molar-refractivity contribution < 1.29 is 9.47 Å². The maximum Gasteiger partial charge on any atom is 0.161 e. The van der Waals surface area contributed by atoms with Crippen LogP contribution in [0.4, 0.5) is 0 Å². The van der Waals surface area contributed by atoms with E-state index in [1.54, 1.807) is 26.4 Å². The summed E-state index contributed by atoms with van der Waals surface area (Å²) < 4.78 is 10.6. The first-order valence-electron chi connectivity index (χ1n) is 6.41. The zero-order chi connectivity index (χ0) is 15.6. The van der Waals surface area contributed by atoms with Crippen LogP contribution in [-0.4, -0.2) is 14.2 Å². The van der Waals surface area contributed by atoms with Gasteiger partial charge in [0.1, 0.15) is 0 Å². The predicted octanol–water partition coefficient (Wildman–Crippen LogP) is 4.37. The van der Waals surface area contributed by atoms with E-state index in [1.807, 2.05) is 25.1 Å². The quantitative estimate of drug-likeness (QED) is 0.907. The van der Waals surface area contributed by atoms with E-state index in [-0.39, 0.29) is 6.04 Å². The molecule has 0 aliphatic carbocycles. The van der Waals surface area contributed by atoms with E-state index in [2.05, 4.69) is 0 Å². The molecule has 2 N–H and O–H groups in total. The molecule has 0 bridgehead atoms. The van der Waals surface area contributed by atoms with Crippen LogP contribution in [0.3, 0.4) is 0 Å². The third-order valence-electron chi connectivity index (χ3n) is 3.41. The van der Waals surface area contributed by atoms with Gasteiger partial charge in [0.05, 0.1) is 30.3 Å². The second kappa shape index (κ2) is 6.56. The first-order valence-corrected chi connectivity index (χ1v) is 7.16. The summed E-state index contributed by atoms with van der Waals surface area (Å²) in [6.45, 7) is 1.98. The standard InChI is InChI=1S/C16H17Cl2NO2/c1-9-6-14(20-2)15(21-3)8-11(9)16(19)10-4-5-12(17)13(18)7-10/h4-8,16H,19H2,1-3H3. The average molecular weight is 326 g/mol. The molecule has 0 aliphatic rings. The molecule has 2 rings (SSSR count). The van der Waals surface area contributed by atoms with Crippen molar-refractivity contribution in [2.45, 2.75) is 13.0 Å². The normalized spacial score (nSPS) is 12.1. The second-order valence-electron chi connectivity index (χ2n) is 4.71. The Labute approximate surface area is 134 Å². The van der Waals surface area contributed by atoms with Crippen molar-refractivity contribution >= 4 is 23.2 Å². The van der Waals surface area contributed by atoms with E-state index < -0.39 is 0 Å². The zero-order valence-corrected chi connectivity index (χ0v) is 13.6. The van der Waals surface area contributed by atoms with Gasteiger partial charge in [-0.25, -0.2) is 0 Å². The van der Waals surface area contributed by atoms with Gasteiger partial charge in [0.25, 0.3) is 0 Å². The number of benzene rings is 2. The molecule has 5 heteroatoms. The summed E-state index contributed by atoms with van der Waals surface area (Å²) in [5, 5.41) is 0.999. The SMILES string of the molecule is COc1cc(C)c(C(N)c2ccc(Cl)c(Cl)c2)cc1OC. The van der Waals surface area contributed by atoms with Gasteiger partial charge in [0, 0.05) is 0 Å². The highest BCUT2D eigenvalue weighted by Crippen LogP contribution is 2.35. The van der Waals surface area contributed by atoms with Crippen molar-refractivity contribution in [3.63, 3.8) is 0 Å². The third kappa shape index (κ3) is 3.26. The second-order valence-corrected chi connectivity index (χ2v) is 5.53. The largest absolute Gasteiger partial charge is 0.493 e. The van der Waals surface area contributed by atoms with Crippen LogP contribution < -0.4 is 15.2 Å². The highest BCUT2D eigenvalue weighted by molar-refractivity contribution is 6.42. The molecule has 21 heavy (non-hydrogen) atoms. The van der Waals surface area contributed by atoms with Crippen LogP contribution in [0.15, 0.2) is 30.3 Å². The minimum absolute atomic E-state index is 0.320. The third-order valence-corrected chi connectivity index (χ3v) is 4.15. The van der Waals surface area contributed by atoms with E-state index in [1.165, 1.54) is 0 Å². The van der Waals surface area contributed by atoms with Gasteiger partial charge in [0.2, 0.25) is 0 Å². The van der Waals surface area contributed by atoms with Gasteiger partial charge in [-0.3, -0.25) is 0 Å². The van der Waals surface area contributed by atoms with Crippen molar-refractivity contribution in [1.29, 1.82) is 0 Å². The summed E-state index contributed by atoms with van der Waals surface area (Å²) in [6, 6.07) is 8.88. The molecule has 2 aromatic carbocycles. The molecule has 0 aliphatic heterocycles. The van der Waals surface area contributed by atoms with Crippen LogP contribution in [0.1, 0.15) is 22.7 Å². The fourth-order valence-electron chi connectivity index (χ4n) is 2.22. The summed E-state index contributed by atoms with van der Waals surface area (Å²) in [7, 11) is 3.21. The Hall–Kier alpha value is -1.42. The fourth-order valence-corrected chi connectivity index (χ4v) is 2.52. The van der Waals surface area contributed by atoms with Gasteiger partial charge in [-0.05, 0) is 47.9 Å². The van der Waals surface area contributed by atoms with Crippen molar-refractivity contribution in [1.82, 2.24) is 0 Å². The molecule has 0 saturated heterocycles. The van der Waals surface area contributed by atoms with E-state index >= 15 is 0 Å². The first kappa shape index (κ1) is 16.0. The summed E-state index contributed by atoms with van der Waals surface area (Å²) in [5.74, 6) is 1.33. The van der Waals surface area contributed by atoms with Crippen molar-refractivity contribution in [2.75, 3.05) is 14.2 Å². The smallest absolute Gasteiger partial charge is 0.161 e. The Morgan fingerprint density at radius 1 is 0.952 bits per heavy atom. The monoisotopic (exact) mass is 325 g/mol. The lowest BCUT2D eigenvalue weighted by Gasteiger charge is -2.18. The summed E-state index contributed by atoms with van der Waals surface area (Å²) in [6.07, 6.45) is 0. The lowest BCUT2D eigenvalue weighted by Crippen LogP contribution is -2.13. The van der Waals surface area contributed by atoms with Gasteiger partial charge >= 0.3 is 0 Å². The number of halogens is 2. The molecule has 0 aromatic heterocycles. The van der Waals surface area contributed by atoms with Crippen LogP contribution in [0.5, 0.6) is 11.5 Å². The molecule has 112 valence electrons. The molecule has 0 amide bonds. The molecule has 1 atom stereocenters. The number of ether oxygens (including phenoxy) is 2. The molecule has 0 spiro atoms. The lowest BCUT2D eigenvalue weighted by atomic mass is 9.95. The van der Waals surface area contributed by atoms with E-state index in [0.29, 0.717) is 21.5 Å². The molecule has 0 saturated carbocycles. The molecule has 0 fully saturated rings. The average Bonchev–Trinajstić information content (AvgIpc) is 2.49. The molecule has 1 unspecified atom stereocenters. The van der Waals surface area contributed by atoms with Gasteiger partial charge in [-0.2, -0.15) is 0 Å². The van der Waals surface area contributed by atoms with Crippen LogP contribution in [0, 0.1) is 6.92 Å². The lowest BCUT2D eigenvalue weighted by molar-refractivity contribution is 0.354. The first-order chi connectivity index (χ1) is 9.97. The predicted molar refractivity (Wildman–Crippen MR) is 86.8 cm³/mol. The molecule has 0 radical (unpaired) electrons. The maximum atomic E-state index is 6.35. The molecule has 0 heterocycles. The van der Waals surface area contributed by atoms with Gasteiger partial charge in [-0.15, -0.1) is 0 Å². The van der Waals surface area contributed by atoms with Gasteiger partial charge in [0.15, 0.2) is 11.5 Å². The fraction of sp³-hybridized carbons (Fsp3) is 0.250. The summed E-state index contributed by atoms with van der Waals surface area (Å²) in [5.41, 5.74) is 9.21. The van der Waals surface area contributed by atoms with Crippen molar-refractivity contribution in [3.8, 4) is 11.5 Å². The minimum Gasteiger partial charge on any atom is -0.493 e. The molecule has 2 aromatic rings. The van der Waals surface area contributed by atoms with E-state index in [4.69, 9.17) is 38.4 Å². The van der Waals surface area contributed by atoms with Crippen LogP contribution in [0.25, 0.3) is 0 Å².